The van der Waals surface area contributed by atoms with E-state index >= 15 is 0 Å². The summed E-state index contributed by atoms with van der Waals surface area (Å²) in [6.45, 7) is 24.0. The summed E-state index contributed by atoms with van der Waals surface area (Å²) >= 11 is 0. The first-order chi connectivity index (χ1) is 17.1. The van der Waals surface area contributed by atoms with Gasteiger partial charge in [0.25, 0.3) is 0 Å². The molecule has 2 fully saturated rings. The zero-order valence-corrected chi connectivity index (χ0v) is 28.1. The Labute approximate surface area is 232 Å². The van der Waals surface area contributed by atoms with E-state index in [9.17, 15) is 0 Å². The Bertz CT molecular complexity index is 762. The van der Waals surface area contributed by atoms with Crippen molar-refractivity contribution in [2.24, 2.45) is 35.5 Å². The highest BCUT2D eigenvalue weighted by Gasteiger charge is 2.47. The first-order valence-corrected chi connectivity index (χ1v) is 21.6. The lowest BCUT2D eigenvalue weighted by molar-refractivity contribution is 0.0552. The maximum atomic E-state index is 6.99. The fourth-order valence-electron chi connectivity index (χ4n) is 7.39. The van der Waals surface area contributed by atoms with Gasteiger partial charge in [0, 0.05) is 11.8 Å². The van der Waals surface area contributed by atoms with E-state index in [0.717, 1.165) is 23.7 Å². The molecule has 0 aromatic carbocycles. The molecule has 8 atom stereocenters. The Morgan fingerprint density at radius 1 is 0.595 bits per heavy atom. The molecule has 4 aliphatic rings. The van der Waals surface area contributed by atoms with Crippen molar-refractivity contribution < 1.29 is 8.85 Å². The van der Waals surface area contributed by atoms with Crippen LogP contribution in [0.15, 0.2) is 24.3 Å². The molecule has 4 rings (SSSR count). The highest BCUT2D eigenvalue weighted by molar-refractivity contribution is 6.74. The van der Waals surface area contributed by atoms with Crippen LogP contribution >= 0.6 is 0 Å². The molecule has 0 aliphatic heterocycles. The van der Waals surface area contributed by atoms with Crippen LogP contribution in [0.2, 0.25) is 36.3 Å². The molecule has 0 N–H and O–H groups in total. The van der Waals surface area contributed by atoms with Gasteiger partial charge in [-0.25, -0.2) is 0 Å². The second-order valence-electron chi connectivity index (χ2n) is 16.2. The van der Waals surface area contributed by atoms with Crippen LogP contribution in [0.4, 0.5) is 0 Å². The SMILES string of the molecule is CC(C)(C)[Si](C)(C)OC1CCCC2C(CCCC3C=CC4C(O[Si](C)(C)C(C)(C)C)CCCC34)C=CC12. The fourth-order valence-corrected chi connectivity index (χ4v) is 10.2. The second-order valence-corrected chi connectivity index (χ2v) is 25.7. The van der Waals surface area contributed by atoms with E-state index in [1.165, 1.54) is 57.8 Å². The Hall–Kier alpha value is -0.166. The lowest BCUT2D eigenvalue weighted by Crippen LogP contribution is -2.47. The van der Waals surface area contributed by atoms with E-state index in [0.29, 0.717) is 34.1 Å². The van der Waals surface area contributed by atoms with E-state index in [1.807, 2.05) is 0 Å². The van der Waals surface area contributed by atoms with Crippen LogP contribution < -0.4 is 0 Å². The standard InChI is InChI=1S/C33H60O2Si2/c1-32(2,3)36(7,8)34-30-18-12-16-26-24(20-22-28(26)30)14-11-15-25-21-23-29-27(25)17-13-19-31(29)35-37(9,10)33(4,5)6/h20-31H,11-19H2,1-10H3. The van der Waals surface area contributed by atoms with Crippen molar-refractivity contribution in [2.75, 3.05) is 0 Å². The average molecular weight is 545 g/mol. The molecular formula is C33H60O2Si2. The van der Waals surface area contributed by atoms with Crippen molar-refractivity contribution in [1.29, 1.82) is 0 Å². The van der Waals surface area contributed by atoms with Gasteiger partial charge in [-0.3, -0.25) is 0 Å². The third-order valence-corrected chi connectivity index (χ3v) is 20.7. The third-order valence-electron chi connectivity index (χ3n) is 11.7. The van der Waals surface area contributed by atoms with Crippen LogP contribution in [0.5, 0.6) is 0 Å². The first kappa shape index (κ1) is 29.8. The van der Waals surface area contributed by atoms with Crippen LogP contribution in [0.3, 0.4) is 0 Å². The summed E-state index contributed by atoms with van der Waals surface area (Å²) < 4.78 is 14.0. The second kappa shape index (κ2) is 11.0. The molecule has 0 saturated heterocycles. The lowest BCUT2D eigenvalue weighted by atomic mass is 9.72. The first-order valence-electron chi connectivity index (χ1n) is 15.8. The van der Waals surface area contributed by atoms with Crippen LogP contribution in [0.25, 0.3) is 0 Å². The van der Waals surface area contributed by atoms with E-state index in [2.05, 4.69) is 92.0 Å². The largest absolute Gasteiger partial charge is 0.413 e. The minimum absolute atomic E-state index is 0.294. The van der Waals surface area contributed by atoms with Crippen LogP contribution in [-0.4, -0.2) is 28.8 Å². The molecule has 0 bridgehead atoms. The van der Waals surface area contributed by atoms with Gasteiger partial charge in [-0.05, 0) is 98.5 Å². The predicted molar refractivity (Wildman–Crippen MR) is 165 cm³/mol. The van der Waals surface area contributed by atoms with Crippen LogP contribution in [0.1, 0.15) is 99.3 Å². The quantitative estimate of drug-likeness (QED) is 0.223. The summed E-state index contributed by atoms with van der Waals surface area (Å²) in [5.74, 6) is 4.53. The van der Waals surface area contributed by atoms with Gasteiger partial charge in [0.2, 0.25) is 0 Å². The predicted octanol–water partition coefficient (Wildman–Crippen LogP) is 10.1. The number of rotatable bonds is 8. The van der Waals surface area contributed by atoms with Crippen molar-refractivity contribution in [3.63, 3.8) is 0 Å². The van der Waals surface area contributed by atoms with Gasteiger partial charge in [-0.2, -0.15) is 0 Å². The summed E-state index contributed by atoms with van der Waals surface area (Å²) in [6, 6.07) is 0. The summed E-state index contributed by atoms with van der Waals surface area (Å²) in [5.41, 5.74) is 0. The molecule has 0 aromatic heterocycles. The van der Waals surface area contributed by atoms with Crippen molar-refractivity contribution in [2.45, 2.75) is 148 Å². The monoisotopic (exact) mass is 544 g/mol. The van der Waals surface area contributed by atoms with Crippen LogP contribution in [0, 0.1) is 35.5 Å². The number of allylic oxidation sites excluding steroid dienone is 2. The normalized spacial score (nSPS) is 36.6. The number of hydrogen-bond donors (Lipinski definition) is 0. The van der Waals surface area contributed by atoms with Crippen LogP contribution in [-0.2, 0) is 8.85 Å². The Kier molecular flexibility index (Phi) is 8.87. The maximum Gasteiger partial charge on any atom is 0.192 e. The topological polar surface area (TPSA) is 18.5 Å². The number of hydrogen-bond acceptors (Lipinski definition) is 2. The molecule has 0 heterocycles. The highest BCUT2D eigenvalue weighted by Crippen LogP contribution is 2.50. The Balaban J connectivity index is 1.28. The molecule has 2 nitrogen and oxygen atoms in total. The zero-order valence-electron chi connectivity index (χ0n) is 26.1. The zero-order chi connectivity index (χ0) is 27.2. The molecule has 8 unspecified atom stereocenters. The van der Waals surface area contributed by atoms with Gasteiger partial charge in [0.1, 0.15) is 0 Å². The average Bonchev–Trinajstić information content (AvgIpc) is 3.38. The van der Waals surface area contributed by atoms with Gasteiger partial charge in [-0.15, -0.1) is 0 Å². The van der Waals surface area contributed by atoms with E-state index in [-0.39, 0.29) is 0 Å². The molecule has 0 spiro atoms. The Morgan fingerprint density at radius 3 is 1.32 bits per heavy atom. The van der Waals surface area contributed by atoms with Crippen molar-refractivity contribution in [3.05, 3.63) is 24.3 Å². The minimum Gasteiger partial charge on any atom is -0.413 e. The molecule has 4 heteroatoms. The van der Waals surface area contributed by atoms with E-state index in [1.54, 1.807) is 0 Å². The van der Waals surface area contributed by atoms with Crippen molar-refractivity contribution in [3.8, 4) is 0 Å². The van der Waals surface area contributed by atoms with Gasteiger partial charge in [0.05, 0.1) is 12.2 Å². The molecule has 4 aliphatic carbocycles. The summed E-state index contributed by atoms with van der Waals surface area (Å²) in [4.78, 5) is 0. The van der Waals surface area contributed by atoms with E-state index in [4.69, 9.17) is 8.85 Å². The molecule has 2 saturated carbocycles. The van der Waals surface area contributed by atoms with Gasteiger partial charge < -0.3 is 8.85 Å². The molecule has 0 aromatic rings. The molecule has 0 amide bonds. The van der Waals surface area contributed by atoms with E-state index < -0.39 is 16.6 Å². The lowest BCUT2D eigenvalue weighted by Gasteiger charge is -2.44. The molecular weight excluding hydrogens is 485 g/mol. The van der Waals surface area contributed by atoms with Gasteiger partial charge in [-0.1, -0.05) is 85.1 Å². The maximum absolute atomic E-state index is 6.99. The summed E-state index contributed by atoms with van der Waals surface area (Å²) in [7, 11) is -3.43. The number of fused-ring (bicyclic) bond motifs is 2. The van der Waals surface area contributed by atoms with Crippen molar-refractivity contribution in [1.82, 2.24) is 0 Å². The minimum atomic E-state index is -1.71. The summed E-state index contributed by atoms with van der Waals surface area (Å²) in [6.07, 6.45) is 23.4. The Morgan fingerprint density at radius 2 is 0.973 bits per heavy atom. The molecule has 212 valence electrons. The van der Waals surface area contributed by atoms with Gasteiger partial charge >= 0.3 is 0 Å². The molecule has 0 radical (unpaired) electrons. The molecule has 37 heavy (non-hydrogen) atoms. The van der Waals surface area contributed by atoms with Gasteiger partial charge in [0.15, 0.2) is 16.6 Å². The third kappa shape index (κ3) is 6.44. The summed E-state index contributed by atoms with van der Waals surface area (Å²) in [5, 5.41) is 0.588. The van der Waals surface area contributed by atoms with Crippen molar-refractivity contribution >= 4 is 16.6 Å². The fraction of sp³-hybridized carbons (Fsp3) is 0.879. The highest BCUT2D eigenvalue weighted by atomic mass is 28.4. The smallest absolute Gasteiger partial charge is 0.192 e.